The van der Waals surface area contributed by atoms with E-state index in [2.05, 4.69) is 9.97 Å². The topological polar surface area (TPSA) is 45.8 Å². The van der Waals surface area contributed by atoms with E-state index < -0.39 is 0 Å². The molecule has 92 valence electrons. The van der Waals surface area contributed by atoms with Crippen molar-refractivity contribution in [3.05, 3.63) is 77.3 Å². The van der Waals surface area contributed by atoms with Crippen LogP contribution in [0.3, 0.4) is 0 Å². The van der Waals surface area contributed by atoms with Crippen LogP contribution in [0.25, 0.3) is 22.4 Å². The van der Waals surface area contributed by atoms with Crippen molar-refractivity contribution in [3.63, 3.8) is 0 Å². The molecule has 0 aliphatic carbocycles. The largest absolute Gasteiger partial charge is 0.329 e. The number of benzene rings is 1. The monoisotopic (exact) mass is 248 g/mol. The van der Waals surface area contributed by atoms with Gasteiger partial charge in [0.2, 0.25) is 5.56 Å². The summed E-state index contributed by atoms with van der Waals surface area (Å²) >= 11 is 0. The van der Waals surface area contributed by atoms with Crippen LogP contribution in [-0.2, 0) is 0 Å². The summed E-state index contributed by atoms with van der Waals surface area (Å²) in [5.74, 6) is 0. The maximum atomic E-state index is 11.3. The van der Waals surface area contributed by atoms with Gasteiger partial charge in [-0.25, -0.2) is 0 Å². The van der Waals surface area contributed by atoms with Crippen molar-refractivity contribution >= 4 is 0 Å². The summed E-state index contributed by atoms with van der Waals surface area (Å²) in [5, 5.41) is 0. The summed E-state index contributed by atoms with van der Waals surface area (Å²) in [6.07, 6.45) is 3.43. The third-order valence-corrected chi connectivity index (χ3v) is 2.94. The van der Waals surface area contributed by atoms with Crippen molar-refractivity contribution in [2.45, 2.75) is 0 Å². The molecule has 0 saturated heterocycles. The van der Waals surface area contributed by atoms with Crippen molar-refractivity contribution in [2.24, 2.45) is 0 Å². The number of nitrogens with one attached hydrogen (secondary N) is 1. The molecule has 0 atom stereocenters. The number of hydrogen-bond donors (Lipinski definition) is 1. The number of pyridine rings is 2. The number of nitrogens with zero attached hydrogens (tertiary/aromatic N) is 1. The average molecular weight is 248 g/mol. The van der Waals surface area contributed by atoms with Gasteiger partial charge in [0.25, 0.3) is 0 Å². The molecule has 1 N–H and O–H groups in total. The van der Waals surface area contributed by atoms with Gasteiger partial charge in [0.15, 0.2) is 0 Å². The van der Waals surface area contributed by atoms with E-state index >= 15 is 0 Å². The summed E-state index contributed by atoms with van der Waals surface area (Å²) < 4.78 is 0. The molecule has 2 heterocycles. The van der Waals surface area contributed by atoms with E-state index in [1.165, 1.54) is 0 Å². The Labute approximate surface area is 110 Å². The number of aromatic nitrogens is 2. The molecule has 3 aromatic rings. The molecular weight excluding hydrogens is 236 g/mol. The minimum Gasteiger partial charge on any atom is -0.329 e. The summed E-state index contributed by atoms with van der Waals surface area (Å²) in [6, 6.07) is 17.4. The lowest BCUT2D eigenvalue weighted by molar-refractivity contribution is 1.24. The predicted octanol–water partition coefficient (Wildman–Crippen LogP) is 3.10. The predicted molar refractivity (Wildman–Crippen MR) is 75.7 cm³/mol. The lowest BCUT2D eigenvalue weighted by atomic mass is 10.1. The Morgan fingerprint density at radius 3 is 2.37 bits per heavy atom. The van der Waals surface area contributed by atoms with Crippen LogP contribution in [-0.4, -0.2) is 9.97 Å². The van der Waals surface area contributed by atoms with Crippen LogP contribution in [0, 0.1) is 0 Å². The van der Waals surface area contributed by atoms with Crippen molar-refractivity contribution < 1.29 is 0 Å². The van der Waals surface area contributed by atoms with Crippen LogP contribution >= 0.6 is 0 Å². The van der Waals surface area contributed by atoms with Gasteiger partial charge in [-0.3, -0.25) is 9.78 Å². The van der Waals surface area contributed by atoms with Gasteiger partial charge in [-0.15, -0.1) is 0 Å². The fourth-order valence-corrected chi connectivity index (χ4v) is 1.97. The summed E-state index contributed by atoms with van der Waals surface area (Å²) in [5.41, 5.74) is 3.71. The van der Waals surface area contributed by atoms with E-state index in [4.69, 9.17) is 0 Å². The van der Waals surface area contributed by atoms with E-state index in [9.17, 15) is 4.79 Å². The molecule has 0 spiro atoms. The highest BCUT2D eigenvalue weighted by Crippen LogP contribution is 2.21. The second-order valence-corrected chi connectivity index (χ2v) is 4.24. The smallest absolute Gasteiger partial charge is 0.248 e. The molecule has 0 amide bonds. The molecule has 3 heteroatoms. The van der Waals surface area contributed by atoms with Crippen LogP contribution in [0.15, 0.2) is 71.8 Å². The van der Waals surface area contributed by atoms with E-state index in [1.807, 2.05) is 48.5 Å². The SMILES string of the molecule is O=c1cc(-c2ccc(-c3ccccc3)nc2)cc[nH]1. The zero-order valence-corrected chi connectivity index (χ0v) is 10.2. The van der Waals surface area contributed by atoms with Gasteiger partial charge in [-0.05, 0) is 17.7 Å². The molecular formula is C16H12N2O. The van der Waals surface area contributed by atoms with Crippen LogP contribution in [0.4, 0.5) is 0 Å². The molecule has 19 heavy (non-hydrogen) atoms. The van der Waals surface area contributed by atoms with Gasteiger partial charge >= 0.3 is 0 Å². The van der Waals surface area contributed by atoms with Crippen molar-refractivity contribution in [3.8, 4) is 22.4 Å². The highest BCUT2D eigenvalue weighted by atomic mass is 16.1. The highest BCUT2D eigenvalue weighted by Gasteiger charge is 2.01. The van der Waals surface area contributed by atoms with Gasteiger partial charge in [0.1, 0.15) is 0 Å². The number of rotatable bonds is 2. The molecule has 0 fully saturated rings. The minimum absolute atomic E-state index is 0.107. The van der Waals surface area contributed by atoms with Crippen molar-refractivity contribution in [2.75, 3.05) is 0 Å². The van der Waals surface area contributed by atoms with Gasteiger partial charge in [0.05, 0.1) is 5.69 Å². The maximum absolute atomic E-state index is 11.3. The van der Waals surface area contributed by atoms with Crippen LogP contribution in [0.5, 0.6) is 0 Å². The lowest BCUT2D eigenvalue weighted by Gasteiger charge is -2.03. The molecule has 0 aliphatic rings. The third-order valence-electron chi connectivity index (χ3n) is 2.94. The minimum atomic E-state index is -0.107. The molecule has 0 radical (unpaired) electrons. The average Bonchev–Trinajstić information content (AvgIpc) is 2.48. The molecule has 1 aromatic carbocycles. The van der Waals surface area contributed by atoms with E-state index in [-0.39, 0.29) is 5.56 Å². The number of H-pyrrole nitrogens is 1. The molecule has 0 bridgehead atoms. The van der Waals surface area contributed by atoms with Crippen molar-refractivity contribution in [1.82, 2.24) is 9.97 Å². The van der Waals surface area contributed by atoms with Crippen molar-refractivity contribution in [1.29, 1.82) is 0 Å². The zero-order chi connectivity index (χ0) is 13.1. The van der Waals surface area contributed by atoms with Gasteiger partial charge < -0.3 is 4.98 Å². The Balaban J connectivity index is 1.98. The molecule has 0 unspecified atom stereocenters. The normalized spacial score (nSPS) is 10.3. The Morgan fingerprint density at radius 1 is 0.842 bits per heavy atom. The first-order chi connectivity index (χ1) is 9.33. The Kier molecular flexibility index (Phi) is 2.94. The fraction of sp³-hybridized carbons (Fsp3) is 0. The summed E-state index contributed by atoms with van der Waals surface area (Å²) in [4.78, 5) is 18.3. The lowest BCUT2D eigenvalue weighted by Crippen LogP contribution is -2.02. The first kappa shape index (κ1) is 11.4. The van der Waals surface area contributed by atoms with Gasteiger partial charge in [0, 0.05) is 29.6 Å². The quantitative estimate of drug-likeness (QED) is 0.757. The molecule has 3 rings (SSSR count). The van der Waals surface area contributed by atoms with Crippen LogP contribution < -0.4 is 5.56 Å². The Hall–Kier alpha value is -2.68. The van der Waals surface area contributed by atoms with E-state index in [0.717, 1.165) is 22.4 Å². The van der Waals surface area contributed by atoms with E-state index in [0.29, 0.717) is 0 Å². The first-order valence-corrected chi connectivity index (χ1v) is 6.03. The fourth-order valence-electron chi connectivity index (χ4n) is 1.97. The first-order valence-electron chi connectivity index (χ1n) is 6.03. The van der Waals surface area contributed by atoms with Gasteiger partial charge in [-0.1, -0.05) is 36.4 Å². The number of aromatic amines is 1. The molecule has 3 nitrogen and oxygen atoms in total. The molecule has 2 aromatic heterocycles. The Bertz CT molecular complexity index is 730. The second-order valence-electron chi connectivity index (χ2n) is 4.24. The molecule has 0 saturated carbocycles. The Morgan fingerprint density at radius 2 is 1.68 bits per heavy atom. The standard InChI is InChI=1S/C16H12N2O/c19-16-10-13(8-9-17-16)14-6-7-15(18-11-14)12-4-2-1-3-5-12/h1-11H,(H,17,19). The number of hydrogen-bond acceptors (Lipinski definition) is 2. The summed E-state index contributed by atoms with van der Waals surface area (Å²) in [6.45, 7) is 0. The highest BCUT2D eigenvalue weighted by molar-refractivity contribution is 5.66. The third kappa shape index (κ3) is 2.45. The van der Waals surface area contributed by atoms with Crippen LogP contribution in [0.1, 0.15) is 0 Å². The van der Waals surface area contributed by atoms with E-state index in [1.54, 1.807) is 18.5 Å². The zero-order valence-electron chi connectivity index (χ0n) is 10.2. The molecule has 0 aliphatic heterocycles. The maximum Gasteiger partial charge on any atom is 0.248 e. The summed E-state index contributed by atoms with van der Waals surface area (Å²) in [7, 11) is 0. The van der Waals surface area contributed by atoms with Crippen LogP contribution in [0.2, 0.25) is 0 Å². The van der Waals surface area contributed by atoms with Gasteiger partial charge in [-0.2, -0.15) is 0 Å². The second kappa shape index (κ2) is 4.90.